The van der Waals surface area contributed by atoms with Crippen molar-refractivity contribution in [1.29, 1.82) is 0 Å². The number of nitrogen functional groups attached to an aromatic ring is 1. The van der Waals surface area contributed by atoms with Crippen LogP contribution in [-0.4, -0.2) is 9.97 Å². The molecule has 102 valence electrons. The Hall–Kier alpha value is -2.28. The van der Waals surface area contributed by atoms with Crippen molar-refractivity contribution in [3.8, 4) is 0 Å². The predicted octanol–water partition coefficient (Wildman–Crippen LogP) is 3.60. The van der Waals surface area contributed by atoms with Gasteiger partial charge in [0.25, 0.3) is 0 Å². The van der Waals surface area contributed by atoms with E-state index in [9.17, 15) is 8.78 Å². The molecule has 0 bridgehead atoms. The highest BCUT2D eigenvalue weighted by molar-refractivity contribution is 7.18. The van der Waals surface area contributed by atoms with Crippen molar-refractivity contribution in [2.45, 2.75) is 6.92 Å². The third-order valence-electron chi connectivity index (χ3n) is 2.74. The van der Waals surface area contributed by atoms with Crippen molar-refractivity contribution in [3.05, 3.63) is 40.8 Å². The van der Waals surface area contributed by atoms with Gasteiger partial charge in [0.2, 0.25) is 5.95 Å². The van der Waals surface area contributed by atoms with E-state index in [0.29, 0.717) is 16.0 Å². The summed E-state index contributed by atoms with van der Waals surface area (Å²) in [6, 6.07) is 5.49. The molecular weight excluding hydrogens is 282 g/mol. The lowest BCUT2D eigenvalue weighted by molar-refractivity contribution is 0.590. The molecule has 0 aliphatic heterocycles. The summed E-state index contributed by atoms with van der Waals surface area (Å²) in [6.45, 7) is 1.91. The summed E-state index contributed by atoms with van der Waals surface area (Å²) in [5, 5.41) is 3.35. The van der Waals surface area contributed by atoms with Crippen LogP contribution < -0.4 is 11.1 Å². The van der Waals surface area contributed by atoms with Gasteiger partial charge in [0.15, 0.2) is 0 Å². The molecular formula is C13H10F2N4S. The van der Waals surface area contributed by atoms with Crippen LogP contribution in [0.4, 0.5) is 26.2 Å². The SMILES string of the molecule is Cc1cc2c(Nc3c(F)cccc3F)nc(N)nc2s1. The number of anilines is 3. The van der Waals surface area contributed by atoms with Crippen molar-refractivity contribution in [1.82, 2.24) is 9.97 Å². The van der Waals surface area contributed by atoms with E-state index in [1.165, 1.54) is 29.5 Å². The molecule has 0 atom stereocenters. The molecule has 0 unspecified atom stereocenters. The lowest BCUT2D eigenvalue weighted by atomic mass is 10.2. The van der Waals surface area contributed by atoms with Gasteiger partial charge in [-0.05, 0) is 25.1 Å². The molecule has 0 fully saturated rings. The molecule has 1 aromatic carbocycles. The monoisotopic (exact) mass is 292 g/mol. The molecule has 4 nitrogen and oxygen atoms in total. The lowest BCUT2D eigenvalue weighted by Crippen LogP contribution is -2.03. The number of aromatic nitrogens is 2. The number of nitrogens with zero attached hydrogens (tertiary/aromatic N) is 2. The van der Waals surface area contributed by atoms with Gasteiger partial charge in [0, 0.05) is 4.88 Å². The fourth-order valence-corrected chi connectivity index (χ4v) is 2.78. The van der Waals surface area contributed by atoms with E-state index in [2.05, 4.69) is 15.3 Å². The lowest BCUT2D eigenvalue weighted by Gasteiger charge is -2.09. The summed E-state index contributed by atoms with van der Waals surface area (Å²) < 4.78 is 27.3. The first kappa shape index (κ1) is 12.7. The molecule has 2 heterocycles. The van der Waals surface area contributed by atoms with Gasteiger partial charge in [-0.15, -0.1) is 11.3 Å². The summed E-state index contributed by atoms with van der Waals surface area (Å²) in [7, 11) is 0. The van der Waals surface area contributed by atoms with Crippen LogP contribution in [0, 0.1) is 18.6 Å². The van der Waals surface area contributed by atoms with E-state index in [1.54, 1.807) is 0 Å². The molecule has 20 heavy (non-hydrogen) atoms. The number of aryl methyl sites for hydroxylation is 1. The minimum atomic E-state index is -0.692. The average molecular weight is 292 g/mol. The third kappa shape index (κ3) is 2.16. The van der Waals surface area contributed by atoms with Gasteiger partial charge in [-0.1, -0.05) is 6.07 Å². The van der Waals surface area contributed by atoms with E-state index >= 15 is 0 Å². The van der Waals surface area contributed by atoms with Crippen LogP contribution in [0.25, 0.3) is 10.2 Å². The number of hydrogen-bond acceptors (Lipinski definition) is 5. The molecule has 0 spiro atoms. The van der Waals surface area contributed by atoms with Gasteiger partial charge in [-0.2, -0.15) is 4.98 Å². The fourth-order valence-electron chi connectivity index (χ4n) is 1.89. The van der Waals surface area contributed by atoms with Crippen LogP contribution in [0.2, 0.25) is 0 Å². The summed E-state index contributed by atoms with van der Waals surface area (Å²) in [5.74, 6) is -1.04. The maximum atomic E-state index is 13.7. The van der Waals surface area contributed by atoms with E-state index in [-0.39, 0.29) is 11.6 Å². The maximum absolute atomic E-state index is 13.7. The minimum absolute atomic E-state index is 0.0543. The van der Waals surface area contributed by atoms with Crippen molar-refractivity contribution >= 4 is 39.0 Å². The summed E-state index contributed by atoms with van der Waals surface area (Å²) >= 11 is 1.44. The topological polar surface area (TPSA) is 63.8 Å². The van der Waals surface area contributed by atoms with E-state index in [1.807, 2.05) is 13.0 Å². The molecule has 0 saturated heterocycles. The summed E-state index contributed by atoms with van der Waals surface area (Å²) in [5.41, 5.74) is 5.37. The second-order valence-electron chi connectivity index (χ2n) is 4.23. The molecule has 2 aromatic heterocycles. The Morgan fingerprint density at radius 3 is 2.60 bits per heavy atom. The summed E-state index contributed by atoms with van der Waals surface area (Å²) in [6.07, 6.45) is 0. The molecule has 3 N–H and O–H groups in total. The Morgan fingerprint density at radius 1 is 1.20 bits per heavy atom. The molecule has 0 radical (unpaired) electrons. The van der Waals surface area contributed by atoms with Crippen molar-refractivity contribution < 1.29 is 8.78 Å². The van der Waals surface area contributed by atoms with Crippen LogP contribution in [0.5, 0.6) is 0 Å². The zero-order valence-corrected chi connectivity index (χ0v) is 11.3. The second-order valence-corrected chi connectivity index (χ2v) is 5.46. The Morgan fingerprint density at radius 2 is 1.90 bits per heavy atom. The van der Waals surface area contributed by atoms with Crippen molar-refractivity contribution in [2.24, 2.45) is 0 Å². The Kier molecular flexibility index (Phi) is 2.98. The number of hydrogen-bond donors (Lipinski definition) is 2. The van der Waals surface area contributed by atoms with Crippen LogP contribution in [-0.2, 0) is 0 Å². The molecule has 3 aromatic rings. The largest absolute Gasteiger partial charge is 0.368 e. The maximum Gasteiger partial charge on any atom is 0.223 e. The smallest absolute Gasteiger partial charge is 0.223 e. The number of fused-ring (bicyclic) bond motifs is 1. The van der Waals surface area contributed by atoms with E-state index in [0.717, 1.165) is 4.88 Å². The number of rotatable bonds is 2. The molecule has 7 heteroatoms. The number of para-hydroxylation sites is 1. The predicted molar refractivity (Wildman–Crippen MR) is 76.2 cm³/mol. The highest BCUT2D eigenvalue weighted by atomic mass is 32.1. The molecule has 0 aliphatic carbocycles. The molecule has 0 saturated carbocycles. The van der Waals surface area contributed by atoms with Gasteiger partial charge < -0.3 is 11.1 Å². The Bertz CT molecular complexity index is 780. The number of nitrogens with one attached hydrogen (secondary N) is 1. The van der Waals surface area contributed by atoms with E-state index < -0.39 is 11.6 Å². The van der Waals surface area contributed by atoms with Crippen LogP contribution >= 0.6 is 11.3 Å². The van der Waals surface area contributed by atoms with Gasteiger partial charge in [-0.3, -0.25) is 0 Å². The zero-order chi connectivity index (χ0) is 14.3. The number of thiophene rings is 1. The standard InChI is InChI=1S/C13H10F2N4S/c1-6-5-7-11(18-13(16)19-12(7)20-6)17-10-8(14)3-2-4-9(10)15/h2-5H,1H3,(H3,16,17,18,19). The Labute approximate surface area is 117 Å². The van der Waals surface area contributed by atoms with Crippen LogP contribution in [0.1, 0.15) is 4.88 Å². The van der Waals surface area contributed by atoms with Gasteiger partial charge >= 0.3 is 0 Å². The minimum Gasteiger partial charge on any atom is -0.368 e. The van der Waals surface area contributed by atoms with Gasteiger partial charge in [-0.25, -0.2) is 13.8 Å². The first-order chi connectivity index (χ1) is 9.54. The summed E-state index contributed by atoms with van der Waals surface area (Å²) in [4.78, 5) is 9.81. The molecule has 3 rings (SSSR count). The van der Waals surface area contributed by atoms with Gasteiger partial charge in [0.1, 0.15) is 28.0 Å². The quantitative estimate of drug-likeness (QED) is 0.757. The van der Waals surface area contributed by atoms with Crippen LogP contribution in [0.15, 0.2) is 24.3 Å². The highest BCUT2D eigenvalue weighted by Gasteiger charge is 2.14. The number of benzene rings is 1. The number of halogens is 2. The number of nitrogens with two attached hydrogens (primary N) is 1. The first-order valence-corrected chi connectivity index (χ1v) is 6.61. The molecule has 0 amide bonds. The Balaban J connectivity index is 2.15. The van der Waals surface area contributed by atoms with E-state index in [4.69, 9.17) is 5.73 Å². The molecule has 0 aliphatic rings. The normalized spacial score (nSPS) is 10.9. The van der Waals surface area contributed by atoms with Crippen LogP contribution in [0.3, 0.4) is 0 Å². The first-order valence-electron chi connectivity index (χ1n) is 5.79. The zero-order valence-electron chi connectivity index (χ0n) is 10.4. The van der Waals surface area contributed by atoms with Gasteiger partial charge in [0.05, 0.1) is 5.39 Å². The second kappa shape index (κ2) is 4.68. The average Bonchev–Trinajstić information content (AvgIpc) is 2.74. The highest BCUT2D eigenvalue weighted by Crippen LogP contribution is 2.32. The van der Waals surface area contributed by atoms with Crippen molar-refractivity contribution in [2.75, 3.05) is 11.1 Å². The third-order valence-corrected chi connectivity index (χ3v) is 3.68. The van der Waals surface area contributed by atoms with Crippen molar-refractivity contribution in [3.63, 3.8) is 0 Å². The fraction of sp³-hybridized carbons (Fsp3) is 0.0769.